The Kier molecular flexibility index (Phi) is 4.40. The fraction of sp³-hybridized carbons (Fsp3) is 0.455. The molecule has 0 radical (unpaired) electrons. The summed E-state index contributed by atoms with van der Waals surface area (Å²) in [7, 11) is -3.40. The van der Waals surface area contributed by atoms with Gasteiger partial charge in [-0.05, 0) is 46.2 Å². The van der Waals surface area contributed by atoms with E-state index in [1.54, 1.807) is 0 Å². The number of nitrogens with one attached hydrogen (secondary N) is 1. The Morgan fingerprint density at radius 2 is 1.94 bits per heavy atom. The Balaban J connectivity index is 2.91. The Morgan fingerprint density at radius 3 is 2.41 bits per heavy atom. The van der Waals surface area contributed by atoms with Crippen molar-refractivity contribution in [2.24, 2.45) is 5.41 Å². The second-order valence-electron chi connectivity index (χ2n) is 5.05. The zero-order chi connectivity index (χ0) is 13.3. The predicted molar refractivity (Wildman–Crippen MR) is 76.0 cm³/mol. The van der Waals surface area contributed by atoms with E-state index >= 15 is 0 Å². The van der Waals surface area contributed by atoms with Crippen LogP contribution in [0.5, 0.6) is 0 Å². The van der Waals surface area contributed by atoms with Crippen molar-refractivity contribution < 1.29 is 12.8 Å². The Morgan fingerprint density at radius 1 is 1.35 bits per heavy atom. The fourth-order valence-electron chi connectivity index (χ4n) is 1.35. The molecule has 0 saturated carbocycles. The van der Waals surface area contributed by atoms with Crippen LogP contribution in [0.1, 0.15) is 20.8 Å². The second-order valence-corrected chi connectivity index (χ2v) is 7.93. The largest absolute Gasteiger partial charge is 0.282 e. The molecule has 17 heavy (non-hydrogen) atoms. The molecule has 0 bridgehead atoms. The highest BCUT2D eigenvalue weighted by Crippen LogP contribution is 2.23. The molecular formula is C11H15FINO2S. The van der Waals surface area contributed by atoms with Crippen LogP contribution in [0.25, 0.3) is 0 Å². The molecule has 0 spiro atoms. The van der Waals surface area contributed by atoms with Gasteiger partial charge in [-0.15, -0.1) is 0 Å². The van der Waals surface area contributed by atoms with Gasteiger partial charge in [0, 0.05) is 3.57 Å². The first-order chi connectivity index (χ1) is 7.59. The third-order valence-corrected chi connectivity index (χ3v) is 4.49. The molecule has 0 saturated heterocycles. The molecule has 1 aromatic rings. The molecule has 96 valence electrons. The predicted octanol–water partition coefficient (Wildman–Crippen LogP) is 3.22. The summed E-state index contributed by atoms with van der Waals surface area (Å²) in [4.78, 5) is 0. The van der Waals surface area contributed by atoms with Gasteiger partial charge in [0.1, 0.15) is 5.82 Å². The van der Waals surface area contributed by atoms with Crippen LogP contribution in [-0.4, -0.2) is 14.2 Å². The lowest BCUT2D eigenvalue weighted by molar-refractivity contribution is 0.463. The molecule has 1 N–H and O–H groups in total. The normalized spacial score (nSPS) is 12.5. The standard InChI is InChI=1S/C11H15FINO2S/c1-11(2,3)7-17(15,16)14-10-5-4-8(12)6-9(10)13/h4-6,14H,7H2,1-3H3. The second kappa shape index (κ2) is 5.09. The quantitative estimate of drug-likeness (QED) is 0.830. The number of anilines is 1. The average molecular weight is 371 g/mol. The number of rotatable bonds is 3. The van der Waals surface area contributed by atoms with Crippen LogP contribution in [-0.2, 0) is 10.0 Å². The van der Waals surface area contributed by atoms with Gasteiger partial charge in [-0.1, -0.05) is 20.8 Å². The lowest BCUT2D eigenvalue weighted by atomic mass is 10.0. The molecule has 6 heteroatoms. The van der Waals surface area contributed by atoms with Gasteiger partial charge >= 0.3 is 0 Å². The maximum absolute atomic E-state index is 12.9. The van der Waals surface area contributed by atoms with Crippen LogP contribution in [0.2, 0.25) is 0 Å². The van der Waals surface area contributed by atoms with Gasteiger partial charge in [-0.3, -0.25) is 4.72 Å². The van der Waals surface area contributed by atoms with Crippen molar-refractivity contribution >= 4 is 38.3 Å². The first-order valence-electron chi connectivity index (χ1n) is 5.05. The molecule has 0 aliphatic carbocycles. The molecule has 0 aliphatic rings. The number of benzene rings is 1. The van der Waals surface area contributed by atoms with E-state index in [4.69, 9.17) is 0 Å². The minimum absolute atomic E-state index is 0.0213. The minimum atomic E-state index is -3.40. The summed E-state index contributed by atoms with van der Waals surface area (Å²) >= 11 is 1.90. The maximum Gasteiger partial charge on any atom is 0.233 e. The van der Waals surface area contributed by atoms with Gasteiger partial charge in [0.2, 0.25) is 10.0 Å². The topological polar surface area (TPSA) is 46.2 Å². The van der Waals surface area contributed by atoms with E-state index in [9.17, 15) is 12.8 Å². The summed E-state index contributed by atoms with van der Waals surface area (Å²) < 4.78 is 39.6. The van der Waals surface area contributed by atoms with Gasteiger partial charge in [0.25, 0.3) is 0 Å². The van der Waals surface area contributed by atoms with E-state index in [-0.39, 0.29) is 17.0 Å². The molecule has 1 rings (SSSR count). The number of halogens is 2. The maximum atomic E-state index is 12.9. The molecular weight excluding hydrogens is 356 g/mol. The SMILES string of the molecule is CC(C)(C)CS(=O)(=O)Nc1ccc(F)cc1I. The van der Waals surface area contributed by atoms with Gasteiger partial charge in [-0.2, -0.15) is 0 Å². The monoisotopic (exact) mass is 371 g/mol. The van der Waals surface area contributed by atoms with Crippen molar-refractivity contribution in [3.8, 4) is 0 Å². The summed E-state index contributed by atoms with van der Waals surface area (Å²) in [5.74, 6) is -0.360. The molecule has 3 nitrogen and oxygen atoms in total. The summed E-state index contributed by atoms with van der Waals surface area (Å²) in [6.07, 6.45) is 0. The van der Waals surface area contributed by atoms with Gasteiger partial charge in [0.05, 0.1) is 11.4 Å². The van der Waals surface area contributed by atoms with E-state index in [2.05, 4.69) is 4.72 Å². The van der Waals surface area contributed by atoms with E-state index in [0.29, 0.717) is 9.26 Å². The molecule has 0 amide bonds. The van der Waals surface area contributed by atoms with E-state index in [0.717, 1.165) is 0 Å². The van der Waals surface area contributed by atoms with Crippen LogP contribution in [0.3, 0.4) is 0 Å². The van der Waals surface area contributed by atoms with Crippen molar-refractivity contribution in [3.63, 3.8) is 0 Å². The van der Waals surface area contributed by atoms with Crippen LogP contribution < -0.4 is 4.72 Å². The van der Waals surface area contributed by atoms with Crippen molar-refractivity contribution in [1.82, 2.24) is 0 Å². The molecule has 0 heterocycles. The summed E-state index contributed by atoms with van der Waals surface area (Å²) in [6.45, 7) is 5.55. The smallest absolute Gasteiger partial charge is 0.233 e. The summed E-state index contributed by atoms with van der Waals surface area (Å²) in [5.41, 5.74) is 0.0911. The molecule has 0 aromatic heterocycles. The third kappa shape index (κ3) is 5.20. The Labute approximate surface area is 115 Å². The zero-order valence-electron chi connectivity index (χ0n) is 9.92. The van der Waals surface area contributed by atoms with Crippen molar-refractivity contribution in [2.75, 3.05) is 10.5 Å². The van der Waals surface area contributed by atoms with Crippen molar-refractivity contribution in [3.05, 3.63) is 27.6 Å². The molecule has 1 aromatic carbocycles. The molecule has 0 unspecified atom stereocenters. The number of sulfonamides is 1. The lowest BCUT2D eigenvalue weighted by Gasteiger charge is -2.19. The molecule has 0 aliphatic heterocycles. The average Bonchev–Trinajstić information content (AvgIpc) is 2.05. The van der Waals surface area contributed by atoms with Crippen LogP contribution in [0.15, 0.2) is 18.2 Å². The number of hydrogen-bond acceptors (Lipinski definition) is 2. The van der Waals surface area contributed by atoms with Crippen LogP contribution in [0.4, 0.5) is 10.1 Å². The number of hydrogen-bond donors (Lipinski definition) is 1. The first-order valence-corrected chi connectivity index (χ1v) is 7.78. The summed E-state index contributed by atoms with van der Waals surface area (Å²) in [6, 6.07) is 3.95. The first kappa shape index (κ1) is 14.7. The molecule has 0 fully saturated rings. The fourth-order valence-corrected chi connectivity index (χ4v) is 3.87. The highest BCUT2D eigenvalue weighted by Gasteiger charge is 2.22. The van der Waals surface area contributed by atoms with E-state index in [1.807, 2.05) is 43.4 Å². The Bertz CT molecular complexity index is 509. The van der Waals surface area contributed by atoms with E-state index in [1.165, 1.54) is 18.2 Å². The van der Waals surface area contributed by atoms with Gasteiger partial charge in [-0.25, -0.2) is 12.8 Å². The highest BCUT2D eigenvalue weighted by molar-refractivity contribution is 14.1. The third-order valence-electron chi connectivity index (χ3n) is 1.82. The zero-order valence-corrected chi connectivity index (χ0v) is 12.9. The summed E-state index contributed by atoms with van der Waals surface area (Å²) in [5, 5.41) is 0. The van der Waals surface area contributed by atoms with Gasteiger partial charge < -0.3 is 0 Å². The molecule has 0 atom stereocenters. The lowest BCUT2D eigenvalue weighted by Crippen LogP contribution is -2.26. The Hall–Kier alpha value is -0.370. The van der Waals surface area contributed by atoms with Crippen molar-refractivity contribution in [2.45, 2.75) is 20.8 Å². The van der Waals surface area contributed by atoms with Crippen molar-refractivity contribution in [1.29, 1.82) is 0 Å². The van der Waals surface area contributed by atoms with Crippen LogP contribution >= 0.6 is 22.6 Å². The van der Waals surface area contributed by atoms with Crippen LogP contribution in [0, 0.1) is 14.8 Å². The van der Waals surface area contributed by atoms with E-state index < -0.39 is 10.0 Å². The highest BCUT2D eigenvalue weighted by atomic mass is 127. The minimum Gasteiger partial charge on any atom is -0.282 e. The van der Waals surface area contributed by atoms with Gasteiger partial charge in [0.15, 0.2) is 0 Å².